The Morgan fingerprint density at radius 2 is 1.86 bits per heavy atom. The summed E-state index contributed by atoms with van der Waals surface area (Å²) in [6.45, 7) is 0. The number of aliphatic carboxylic acids is 1. The molecule has 21 heavy (non-hydrogen) atoms. The van der Waals surface area contributed by atoms with E-state index in [1.54, 1.807) is 11.3 Å². The monoisotopic (exact) mass is 302 g/mol. The van der Waals surface area contributed by atoms with Gasteiger partial charge in [0.2, 0.25) is 0 Å². The number of carbonyl (C=O) groups is 2. The van der Waals surface area contributed by atoms with E-state index in [2.05, 4.69) is 0 Å². The maximum Gasteiger partial charge on any atom is 0.303 e. The first kappa shape index (κ1) is 14.3. The van der Waals surface area contributed by atoms with Crippen molar-refractivity contribution in [2.75, 3.05) is 0 Å². The maximum atomic E-state index is 12.7. The number of carboxylic acids is 1. The first-order valence-electron chi connectivity index (χ1n) is 7.31. The molecule has 4 heteroatoms. The third kappa shape index (κ3) is 2.86. The zero-order valence-corrected chi connectivity index (χ0v) is 12.6. The molecule has 0 aliphatic heterocycles. The van der Waals surface area contributed by atoms with Gasteiger partial charge in [0.15, 0.2) is 5.78 Å². The molecule has 3 rings (SSSR count). The number of thiophene rings is 1. The van der Waals surface area contributed by atoms with Crippen molar-refractivity contribution >= 4 is 33.2 Å². The predicted octanol–water partition coefficient (Wildman–Crippen LogP) is 4.51. The summed E-state index contributed by atoms with van der Waals surface area (Å²) < 4.78 is 1.11. The molecule has 1 aliphatic carbocycles. The quantitative estimate of drug-likeness (QED) is 0.827. The lowest BCUT2D eigenvalue weighted by atomic mass is 9.77. The van der Waals surface area contributed by atoms with Crippen molar-refractivity contribution in [2.24, 2.45) is 5.41 Å². The minimum atomic E-state index is -0.792. The van der Waals surface area contributed by atoms with E-state index in [1.807, 2.05) is 29.6 Å². The van der Waals surface area contributed by atoms with E-state index in [1.165, 1.54) is 0 Å². The van der Waals surface area contributed by atoms with Crippen LogP contribution in [0.5, 0.6) is 0 Å². The summed E-state index contributed by atoms with van der Waals surface area (Å²) in [5.41, 5.74) is 0.429. The Bertz CT molecular complexity index is 680. The summed E-state index contributed by atoms with van der Waals surface area (Å²) in [5, 5.41) is 12.1. The van der Waals surface area contributed by atoms with Gasteiger partial charge in [-0.15, -0.1) is 11.3 Å². The number of fused-ring (bicyclic) bond motifs is 1. The summed E-state index contributed by atoms with van der Waals surface area (Å²) in [4.78, 5) is 23.8. The first-order valence-corrected chi connectivity index (χ1v) is 8.19. The summed E-state index contributed by atoms with van der Waals surface area (Å²) in [5.74, 6) is -0.699. The Balaban J connectivity index is 1.86. The van der Waals surface area contributed by atoms with Gasteiger partial charge in [0, 0.05) is 27.5 Å². The van der Waals surface area contributed by atoms with E-state index >= 15 is 0 Å². The van der Waals surface area contributed by atoms with Gasteiger partial charge < -0.3 is 5.11 Å². The van der Waals surface area contributed by atoms with Crippen LogP contribution in [0.4, 0.5) is 0 Å². The van der Waals surface area contributed by atoms with Gasteiger partial charge in [-0.05, 0) is 24.3 Å². The zero-order valence-electron chi connectivity index (χ0n) is 11.8. The topological polar surface area (TPSA) is 54.4 Å². The fourth-order valence-electron chi connectivity index (χ4n) is 3.49. The highest BCUT2D eigenvalue weighted by Gasteiger charge is 2.38. The smallest absolute Gasteiger partial charge is 0.303 e. The van der Waals surface area contributed by atoms with Crippen LogP contribution in [0.25, 0.3) is 10.1 Å². The molecule has 3 nitrogen and oxygen atoms in total. The predicted molar refractivity (Wildman–Crippen MR) is 83.9 cm³/mol. The Kier molecular flexibility index (Phi) is 3.81. The van der Waals surface area contributed by atoms with Crippen LogP contribution in [0.15, 0.2) is 29.6 Å². The maximum absolute atomic E-state index is 12.7. The van der Waals surface area contributed by atoms with Crippen LogP contribution in [0.1, 0.15) is 48.9 Å². The molecule has 1 heterocycles. The van der Waals surface area contributed by atoms with Crippen LogP contribution in [0.2, 0.25) is 0 Å². The highest BCUT2D eigenvalue weighted by Crippen LogP contribution is 2.45. The third-order valence-electron chi connectivity index (χ3n) is 4.51. The van der Waals surface area contributed by atoms with E-state index in [-0.39, 0.29) is 17.6 Å². The molecule has 1 aromatic carbocycles. The van der Waals surface area contributed by atoms with Crippen molar-refractivity contribution in [1.82, 2.24) is 0 Å². The lowest BCUT2D eigenvalue weighted by Crippen LogP contribution is -2.24. The normalized spacial score (nSPS) is 17.1. The van der Waals surface area contributed by atoms with Gasteiger partial charge in [-0.1, -0.05) is 31.0 Å². The molecule has 1 saturated carbocycles. The second-order valence-electron chi connectivity index (χ2n) is 6.02. The number of Topliss-reactive ketones (excluding diaryl/α,β-unsaturated/α-hetero) is 1. The molecule has 0 saturated heterocycles. The van der Waals surface area contributed by atoms with E-state index in [9.17, 15) is 9.59 Å². The highest BCUT2D eigenvalue weighted by atomic mass is 32.1. The Morgan fingerprint density at radius 1 is 1.14 bits per heavy atom. The van der Waals surface area contributed by atoms with Crippen molar-refractivity contribution in [3.05, 3.63) is 35.2 Å². The van der Waals surface area contributed by atoms with Gasteiger partial charge in [0.05, 0.1) is 6.42 Å². The van der Waals surface area contributed by atoms with Gasteiger partial charge in [0.1, 0.15) is 0 Å². The minimum absolute atomic E-state index is 0.0931. The molecule has 0 unspecified atom stereocenters. The lowest BCUT2D eigenvalue weighted by Gasteiger charge is -2.26. The minimum Gasteiger partial charge on any atom is -0.481 e. The number of hydrogen-bond acceptors (Lipinski definition) is 3. The van der Waals surface area contributed by atoms with Crippen molar-refractivity contribution < 1.29 is 14.7 Å². The molecule has 1 aromatic heterocycles. The average Bonchev–Trinajstić information content (AvgIpc) is 3.04. The molecule has 110 valence electrons. The fourth-order valence-corrected chi connectivity index (χ4v) is 4.46. The van der Waals surface area contributed by atoms with Gasteiger partial charge in [-0.3, -0.25) is 9.59 Å². The molecule has 0 bridgehead atoms. The van der Waals surface area contributed by atoms with Crippen LogP contribution in [-0.4, -0.2) is 16.9 Å². The van der Waals surface area contributed by atoms with Crippen molar-refractivity contribution in [2.45, 2.75) is 38.5 Å². The van der Waals surface area contributed by atoms with Gasteiger partial charge in [-0.2, -0.15) is 0 Å². The molecule has 1 aliphatic rings. The summed E-state index contributed by atoms with van der Waals surface area (Å²) in [6.07, 6.45) is 4.25. The number of ketones is 1. The van der Waals surface area contributed by atoms with E-state index < -0.39 is 5.97 Å². The van der Waals surface area contributed by atoms with E-state index in [0.29, 0.717) is 6.42 Å². The number of benzene rings is 1. The average molecular weight is 302 g/mol. The Labute approximate surface area is 127 Å². The number of hydrogen-bond donors (Lipinski definition) is 1. The van der Waals surface area contributed by atoms with Gasteiger partial charge >= 0.3 is 5.97 Å². The highest BCUT2D eigenvalue weighted by molar-refractivity contribution is 7.17. The summed E-state index contributed by atoms with van der Waals surface area (Å²) in [6, 6.07) is 7.89. The van der Waals surface area contributed by atoms with Gasteiger partial charge in [0.25, 0.3) is 0 Å². The molecule has 1 fully saturated rings. The van der Waals surface area contributed by atoms with E-state index in [4.69, 9.17) is 5.11 Å². The van der Waals surface area contributed by atoms with Crippen LogP contribution in [-0.2, 0) is 4.79 Å². The molecule has 1 N–H and O–H groups in total. The van der Waals surface area contributed by atoms with Gasteiger partial charge in [-0.25, -0.2) is 0 Å². The molecular formula is C17H18O3S. The zero-order chi connectivity index (χ0) is 14.9. The second kappa shape index (κ2) is 5.60. The third-order valence-corrected chi connectivity index (χ3v) is 5.47. The summed E-state index contributed by atoms with van der Waals surface area (Å²) in [7, 11) is 0. The number of carbonyl (C=O) groups excluding carboxylic acids is 1. The van der Waals surface area contributed by atoms with E-state index in [0.717, 1.165) is 41.3 Å². The molecule has 2 aromatic rings. The van der Waals surface area contributed by atoms with Crippen LogP contribution >= 0.6 is 11.3 Å². The summed E-state index contributed by atoms with van der Waals surface area (Å²) >= 11 is 1.58. The first-order chi connectivity index (χ1) is 10.1. The number of rotatable bonds is 5. The van der Waals surface area contributed by atoms with Crippen LogP contribution < -0.4 is 0 Å². The van der Waals surface area contributed by atoms with Crippen molar-refractivity contribution in [1.29, 1.82) is 0 Å². The van der Waals surface area contributed by atoms with Crippen LogP contribution in [0, 0.1) is 5.41 Å². The van der Waals surface area contributed by atoms with Crippen LogP contribution in [0.3, 0.4) is 0 Å². The molecular weight excluding hydrogens is 284 g/mol. The standard InChI is InChI=1S/C17H18O3S/c18-14(9-17(10-16(19)20)7-3-4-8-17)13-11-21-15-6-2-1-5-12(13)15/h1-2,5-6,11H,3-4,7-10H2,(H,19,20). The number of carboxylic acid groups (broad SMARTS) is 1. The van der Waals surface area contributed by atoms with Crippen molar-refractivity contribution in [3.63, 3.8) is 0 Å². The molecule has 0 amide bonds. The Hall–Kier alpha value is -1.68. The molecule has 0 atom stereocenters. The SMILES string of the molecule is O=C(O)CC1(CC(=O)c2csc3ccccc23)CCCC1. The second-order valence-corrected chi connectivity index (χ2v) is 6.93. The molecule has 0 spiro atoms. The fraction of sp³-hybridized carbons (Fsp3) is 0.412. The Morgan fingerprint density at radius 3 is 2.57 bits per heavy atom. The largest absolute Gasteiger partial charge is 0.481 e. The van der Waals surface area contributed by atoms with Crippen molar-refractivity contribution in [3.8, 4) is 0 Å². The lowest BCUT2D eigenvalue weighted by molar-refractivity contribution is -0.139. The molecule has 0 radical (unpaired) electrons.